The van der Waals surface area contributed by atoms with E-state index in [1.807, 2.05) is 0 Å². The largest absolute Gasteiger partial charge is 0.492 e. The summed E-state index contributed by atoms with van der Waals surface area (Å²) < 4.78 is 111. The molecule has 0 amide bonds. The van der Waals surface area contributed by atoms with Gasteiger partial charge in [-0.3, -0.25) is 0 Å². The monoisotopic (exact) mass is 526 g/mol. The van der Waals surface area contributed by atoms with Crippen molar-refractivity contribution < 1.29 is 52.3 Å². The molecule has 0 aromatic heterocycles. The molecule has 0 heterocycles. The second-order valence-electron chi connectivity index (χ2n) is 6.93. The Morgan fingerprint density at radius 2 is 1.00 bits per heavy atom. The van der Waals surface area contributed by atoms with Crippen LogP contribution >= 0.6 is 0 Å². The summed E-state index contributed by atoms with van der Waals surface area (Å²) in [6.45, 7) is 1.49. The van der Waals surface area contributed by atoms with Crippen molar-refractivity contribution in [3.8, 4) is 0 Å². The van der Waals surface area contributed by atoms with Crippen LogP contribution in [0.2, 0.25) is 18.6 Å². The van der Waals surface area contributed by atoms with E-state index in [1.165, 1.54) is 6.55 Å². The molecule has 0 atom stereocenters. The summed E-state index contributed by atoms with van der Waals surface area (Å²) in [5.74, 6) is 0. The van der Waals surface area contributed by atoms with Crippen molar-refractivity contribution in [1.82, 2.24) is 0 Å². The van der Waals surface area contributed by atoms with Gasteiger partial charge in [0, 0.05) is 53.4 Å². The number of benzene rings is 1. The second kappa shape index (κ2) is 11.6. The summed E-state index contributed by atoms with van der Waals surface area (Å²) in [4.78, 5) is 0. The maximum atomic E-state index is 12.9. The molecule has 0 bridgehead atoms. The van der Waals surface area contributed by atoms with Crippen LogP contribution in [0.1, 0.15) is 12.8 Å². The van der Waals surface area contributed by atoms with E-state index in [-0.39, 0.29) is 0 Å². The Morgan fingerprint density at radius 1 is 0.656 bits per heavy atom. The zero-order valence-corrected chi connectivity index (χ0v) is 21.4. The average molecular weight is 527 g/mol. The fourth-order valence-electron chi connectivity index (χ4n) is 2.91. The second-order valence-corrected chi connectivity index (χ2v) is 16.4. The van der Waals surface area contributed by atoms with Gasteiger partial charge in [0.05, 0.1) is 0 Å². The fourth-order valence-corrected chi connectivity index (χ4v) is 14.4. The van der Waals surface area contributed by atoms with Crippen LogP contribution in [-0.2, 0) is 25.9 Å². The smallest absolute Gasteiger partial charge is 0.390 e. The minimum atomic E-state index is -4.49. The summed E-state index contributed by atoms with van der Waals surface area (Å²) >= 11 is 0. The molecule has 6 nitrogen and oxygen atoms in total. The molecule has 0 aliphatic carbocycles. The highest BCUT2D eigenvalue weighted by atomic mass is 28.5. The predicted octanol–water partition coefficient (Wildman–Crippen LogP) is 4.37. The lowest BCUT2D eigenvalue weighted by molar-refractivity contribution is -0.133. The SMILES string of the molecule is CO[Si](CCC(F)(F)F)(OC)O[Si](C)(O[Si](CCC(F)(F)F)(OC)OC)c1ccccc1. The number of hydrogen-bond acceptors (Lipinski definition) is 6. The summed E-state index contributed by atoms with van der Waals surface area (Å²) in [6.07, 6.45) is -11.4. The Balaban J connectivity index is 3.39. The molecule has 0 unspecified atom stereocenters. The first-order chi connectivity index (χ1) is 14.7. The van der Waals surface area contributed by atoms with Gasteiger partial charge in [-0.05, 0) is 11.7 Å². The third kappa shape index (κ3) is 8.86. The van der Waals surface area contributed by atoms with Crippen LogP contribution in [0.3, 0.4) is 0 Å². The summed E-state index contributed by atoms with van der Waals surface area (Å²) in [5.41, 5.74) is 0. The van der Waals surface area contributed by atoms with E-state index in [0.29, 0.717) is 5.19 Å². The molecular weight excluding hydrogens is 498 g/mol. The zero-order valence-electron chi connectivity index (χ0n) is 18.4. The van der Waals surface area contributed by atoms with Gasteiger partial charge >= 0.3 is 38.5 Å². The minimum Gasteiger partial charge on any atom is -0.390 e. The summed E-state index contributed by atoms with van der Waals surface area (Å²) in [7, 11) is -7.05. The van der Waals surface area contributed by atoms with Gasteiger partial charge in [0.1, 0.15) is 0 Å². The van der Waals surface area contributed by atoms with E-state index in [9.17, 15) is 26.3 Å². The first-order valence-corrected chi connectivity index (χ1v) is 15.7. The number of alkyl halides is 6. The van der Waals surface area contributed by atoms with Crippen LogP contribution in [0.25, 0.3) is 0 Å². The zero-order chi connectivity index (χ0) is 24.7. The Kier molecular flexibility index (Phi) is 10.6. The first-order valence-electron chi connectivity index (χ1n) is 9.47. The van der Waals surface area contributed by atoms with E-state index < -0.39 is 63.5 Å². The van der Waals surface area contributed by atoms with E-state index in [0.717, 1.165) is 28.4 Å². The third-order valence-corrected chi connectivity index (χ3v) is 15.9. The molecule has 1 aromatic carbocycles. The van der Waals surface area contributed by atoms with Crippen molar-refractivity contribution in [3.63, 3.8) is 0 Å². The molecule has 32 heavy (non-hydrogen) atoms. The van der Waals surface area contributed by atoms with Crippen LogP contribution in [0.5, 0.6) is 0 Å². The minimum absolute atomic E-state index is 0.441. The average Bonchev–Trinajstić information content (AvgIpc) is 2.74. The predicted molar refractivity (Wildman–Crippen MR) is 110 cm³/mol. The van der Waals surface area contributed by atoms with Crippen LogP contribution in [0.4, 0.5) is 26.3 Å². The number of hydrogen-bond donors (Lipinski definition) is 0. The van der Waals surface area contributed by atoms with Gasteiger partial charge in [-0.15, -0.1) is 0 Å². The molecule has 0 saturated heterocycles. The molecule has 1 aromatic rings. The molecule has 0 saturated carbocycles. The molecule has 0 aliphatic heterocycles. The highest BCUT2D eigenvalue weighted by Gasteiger charge is 2.56. The van der Waals surface area contributed by atoms with E-state index in [2.05, 4.69) is 0 Å². The van der Waals surface area contributed by atoms with Crippen LogP contribution < -0.4 is 5.19 Å². The van der Waals surface area contributed by atoms with E-state index >= 15 is 0 Å². The van der Waals surface area contributed by atoms with Gasteiger partial charge in [0.15, 0.2) is 0 Å². The molecule has 0 fully saturated rings. The van der Waals surface area contributed by atoms with Crippen molar-refractivity contribution >= 4 is 31.4 Å². The van der Waals surface area contributed by atoms with E-state index in [1.54, 1.807) is 30.3 Å². The lowest BCUT2D eigenvalue weighted by Crippen LogP contribution is -2.66. The summed E-state index contributed by atoms with van der Waals surface area (Å²) in [6, 6.07) is 7.00. The number of rotatable bonds is 13. The molecular formula is C17H28F6O6Si3. The highest BCUT2D eigenvalue weighted by Crippen LogP contribution is 2.33. The molecule has 15 heteroatoms. The molecule has 0 spiro atoms. The van der Waals surface area contributed by atoms with E-state index in [4.69, 9.17) is 25.9 Å². The first kappa shape index (κ1) is 29.2. The van der Waals surface area contributed by atoms with Gasteiger partial charge in [-0.2, -0.15) is 26.3 Å². The molecule has 0 N–H and O–H groups in total. The molecule has 0 radical (unpaired) electrons. The Labute approximate surface area is 186 Å². The quantitative estimate of drug-likeness (QED) is 0.281. The van der Waals surface area contributed by atoms with Crippen molar-refractivity contribution in [2.45, 2.75) is 43.8 Å². The Morgan fingerprint density at radius 3 is 1.28 bits per heavy atom. The lowest BCUT2D eigenvalue weighted by Gasteiger charge is -2.41. The van der Waals surface area contributed by atoms with Gasteiger partial charge in [0.2, 0.25) is 0 Å². The van der Waals surface area contributed by atoms with Crippen LogP contribution in [-0.4, -0.2) is 67.0 Å². The Bertz CT molecular complexity index is 648. The standard InChI is InChI=1S/C17H28F6O6Si3/c1-24-31(25-2,13-11-16(18,19)20)28-30(5,15-9-7-6-8-10-15)29-32(26-3,27-4)14-12-17(21,22)23/h6-10H,11-14H2,1-5H3. The summed E-state index contributed by atoms with van der Waals surface area (Å²) in [5, 5.41) is 0.441. The van der Waals surface area contributed by atoms with Gasteiger partial charge in [0.25, 0.3) is 0 Å². The van der Waals surface area contributed by atoms with Gasteiger partial charge in [-0.25, -0.2) is 0 Å². The maximum Gasteiger partial charge on any atom is 0.492 e. The highest BCUT2D eigenvalue weighted by molar-refractivity contribution is 6.91. The maximum absolute atomic E-state index is 12.9. The third-order valence-electron chi connectivity index (χ3n) is 4.67. The topological polar surface area (TPSA) is 55.4 Å². The van der Waals surface area contributed by atoms with Crippen molar-refractivity contribution in [2.24, 2.45) is 0 Å². The lowest BCUT2D eigenvalue weighted by atomic mass is 10.4. The van der Waals surface area contributed by atoms with Crippen LogP contribution in [0, 0.1) is 0 Å². The van der Waals surface area contributed by atoms with Crippen LogP contribution in [0.15, 0.2) is 30.3 Å². The molecule has 186 valence electrons. The fraction of sp³-hybridized carbons (Fsp3) is 0.647. The Hall–Kier alpha value is -0.789. The number of halogens is 6. The molecule has 0 aliphatic rings. The molecule has 1 rings (SSSR count). The normalized spacial score (nSPS) is 14.1. The van der Waals surface area contributed by atoms with Crippen molar-refractivity contribution in [3.05, 3.63) is 30.3 Å². The van der Waals surface area contributed by atoms with Crippen molar-refractivity contribution in [2.75, 3.05) is 28.4 Å². The van der Waals surface area contributed by atoms with Gasteiger partial charge in [-0.1, -0.05) is 30.3 Å². The van der Waals surface area contributed by atoms with Gasteiger partial charge < -0.3 is 25.9 Å². The van der Waals surface area contributed by atoms with Crippen molar-refractivity contribution in [1.29, 1.82) is 0 Å².